The summed E-state index contributed by atoms with van der Waals surface area (Å²) in [5, 5.41) is 0. The Morgan fingerprint density at radius 1 is 1.10 bits per heavy atom. The van der Waals surface area contributed by atoms with Crippen LogP contribution in [0.25, 0.3) is 0 Å². The molecule has 0 fully saturated rings. The molecule has 2 rings (SSSR count). The van der Waals surface area contributed by atoms with E-state index in [2.05, 4.69) is 37.9 Å². The van der Waals surface area contributed by atoms with Gasteiger partial charge in [0.2, 0.25) is 0 Å². The minimum Gasteiger partial charge on any atom is -0.489 e. The van der Waals surface area contributed by atoms with Gasteiger partial charge in [0.1, 0.15) is 12.4 Å². The number of rotatable bonds is 4. The third-order valence-corrected chi connectivity index (χ3v) is 3.29. The Balaban J connectivity index is 2.04. The monoisotopic (exact) mass is 270 g/mol. The molecule has 0 radical (unpaired) electrons. The minimum atomic E-state index is 0.161. The van der Waals surface area contributed by atoms with Crippen LogP contribution in [0.3, 0.4) is 0 Å². The van der Waals surface area contributed by atoms with Gasteiger partial charge in [0.15, 0.2) is 0 Å². The van der Waals surface area contributed by atoms with E-state index in [1.54, 1.807) is 6.20 Å². The van der Waals surface area contributed by atoms with Crippen LogP contribution in [0.4, 0.5) is 0 Å². The van der Waals surface area contributed by atoms with Crippen molar-refractivity contribution in [1.82, 2.24) is 4.98 Å². The standard InChI is InChI=1S/C17H22N2O/c1-17(2,3)14-6-8-15(9-7-14)20-12-13-5-4-10-19-16(13)11-18/h4-10H,11-12,18H2,1-3H3. The van der Waals surface area contributed by atoms with Crippen LogP contribution in [-0.2, 0) is 18.6 Å². The molecule has 0 aliphatic rings. The highest BCUT2D eigenvalue weighted by atomic mass is 16.5. The van der Waals surface area contributed by atoms with Crippen molar-refractivity contribution in [1.29, 1.82) is 0 Å². The van der Waals surface area contributed by atoms with Crippen molar-refractivity contribution >= 4 is 0 Å². The molecule has 2 N–H and O–H groups in total. The molecular formula is C17H22N2O. The van der Waals surface area contributed by atoms with Gasteiger partial charge >= 0.3 is 0 Å². The number of hydrogen-bond acceptors (Lipinski definition) is 3. The van der Waals surface area contributed by atoms with Gasteiger partial charge in [-0.05, 0) is 29.2 Å². The summed E-state index contributed by atoms with van der Waals surface area (Å²) in [6.07, 6.45) is 1.75. The minimum absolute atomic E-state index is 0.161. The van der Waals surface area contributed by atoms with E-state index in [0.717, 1.165) is 17.0 Å². The summed E-state index contributed by atoms with van der Waals surface area (Å²) in [6, 6.07) is 12.2. The van der Waals surface area contributed by atoms with Crippen molar-refractivity contribution in [3.8, 4) is 5.75 Å². The van der Waals surface area contributed by atoms with E-state index < -0.39 is 0 Å². The first kappa shape index (κ1) is 14.5. The second kappa shape index (κ2) is 6.06. The summed E-state index contributed by atoms with van der Waals surface area (Å²) >= 11 is 0. The van der Waals surface area contributed by atoms with Crippen LogP contribution < -0.4 is 10.5 Å². The Morgan fingerprint density at radius 2 is 1.80 bits per heavy atom. The fraction of sp³-hybridized carbons (Fsp3) is 0.353. The van der Waals surface area contributed by atoms with Crippen molar-refractivity contribution < 1.29 is 4.74 Å². The van der Waals surface area contributed by atoms with Crippen molar-refractivity contribution in [3.63, 3.8) is 0 Å². The molecule has 0 bridgehead atoms. The van der Waals surface area contributed by atoms with Gasteiger partial charge < -0.3 is 10.5 Å². The molecule has 1 heterocycles. The summed E-state index contributed by atoms with van der Waals surface area (Å²) in [6.45, 7) is 7.53. The van der Waals surface area contributed by atoms with E-state index in [9.17, 15) is 0 Å². The van der Waals surface area contributed by atoms with E-state index in [4.69, 9.17) is 10.5 Å². The first-order chi connectivity index (χ1) is 9.50. The lowest BCUT2D eigenvalue weighted by molar-refractivity contribution is 0.304. The zero-order valence-electron chi connectivity index (χ0n) is 12.4. The fourth-order valence-electron chi connectivity index (χ4n) is 2.00. The maximum Gasteiger partial charge on any atom is 0.119 e. The molecule has 3 nitrogen and oxygen atoms in total. The molecule has 106 valence electrons. The Labute approximate surface area is 120 Å². The Morgan fingerprint density at radius 3 is 2.40 bits per heavy atom. The second-order valence-corrected chi connectivity index (χ2v) is 5.88. The second-order valence-electron chi connectivity index (χ2n) is 5.88. The van der Waals surface area contributed by atoms with Crippen molar-refractivity contribution in [2.24, 2.45) is 5.73 Å². The van der Waals surface area contributed by atoms with Gasteiger partial charge in [0, 0.05) is 18.3 Å². The van der Waals surface area contributed by atoms with Crippen molar-refractivity contribution in [2.75, 3.05) is 0 Å². The average Bonchev–Trinajstić information content (AvgIpc) is 2.45. The summed E-state index contributed by atoms with van der Waals surface area (Å²) in [5.74, 6) is 0.866. The third-order valence-electron chi connectivity index (χ3n) is 3.29. The largest absolute Gasteiger partial charge is 0.489 e. The zero-order valence-corrected chi connectivity index (χ0v) is 12.4. The van der Waals surface area contributed by atoms with E-state index in [1.165, 1.54) is 5.56 Å². The van der Waals surface area contributed by atoms with E-state index >= 15 is 0 Å². The SMILES string of the molecule is CC(C)(C)c1ccc(OCc2cccnc2CN)cc1. The number of hydrogen-bond donors (Lipinski definition) is 1. The van der Waals surface area contributed by atoms with Gasteiger partial charge in [-0.2, -0.15) is 0 Å². The molecule has 0 saturated carbocycles. The van der Waals surface area contributed by atoms with Crippen LogP contribution >= 0.6 is 0 Å². The van der Waals surface area contributed by atoms with Crippen LogP contribution in [-0.4, -0.2) is 4.98 Å². The highest BCUT2D eigenvalue weighted by Crippen LogP contribution is 2.24. The molecule has 1 aromatic heterocycles. The number of aromatic nitrogens is 1. The van der Waals surface area contributed by atoms with Crippen LogP contribution in [0.1, 0.15) is 37.6 Å². The van der Waals surface area contributed by atoms with E-state index in [0.29, 0.717) is 13.2 Å². The lowest BCUT2D eigenvalue weighted by Gasteiger charge is -2.19. The molecule has 0 spiro atoms. The molecule has 3 heteroatoms. The first-order valence-corrected chi connectivity index (χ1v) is 6.87. The highest BCUT2D eigenvalue weighted by molar-refractivity contribution is 5.31. The molecule has 0 aliphatic heterocycles. The van der Waals surface area contributed by atoms with Gasteiger partial charge in [-0.1, -0.05) is 39.0 Å². The summed E-state index contributed by atoms with van der Waals surface area (Å²) < 4.78 is 5.81. The van der Waals surface area contributed by atoms with Gasteiger partial charge in [0.05, 0.1) is 5.69 Å². The van der Waals surface area contributed by atoms with Crippen LogP contribution in [0.15, 0.2) is 42.6 Å². The smallest absolute Gasteiger partial charge is 0.119 e. The van der Waals surface area contributed by atoms with Crippen molar-refractivity contribution in [2.45, 2.75) is 39.3 Å². The predicted molar refractivity (Wildman–Crippen MR) is 81.6 cm³/mol. The van der Waals surface area contributed by atoms with Gasteiger partial charge in [-0.25, -0.2) is 0 Å². The quantitative estimate of drug-likeness (QED) is 0.926. The normalized spacial score (nSPS) is 11.4. The van der Waals surface area contributed by atoms with Gasteiger partial charge in [0.25, 0.3) is 0 Å². The summed E-state index contributed by atoms with van der Waals surface area (Å²) in [5.41, 5.74) is 9.06. The molecule has 20 heavy (non-hydrogen) atoms. The maximum absolute atomic E-state index is 5.81. The molecule has 2 aromatic rings. The first-order valence-electron chi connectivity index (χ1n) is 6.87. The number of nitrogens with two attached hydrogens (primary N) is 1. The molecule has 0 unspecified atom stereocenters. The number of ether oxygens (including phenoxy) is 1. The Hall–Kier alpha value is -1.87. The van der Waals surface area contributed by atoms with Gasteiger partial charge in [-0.15, -0.1) is 0 Å². The zero-order chi connectivity index (χ0) is 14.6. The van der Waals surface area contributed by atoms with Crippen LogP contribution in [0.2, 0.25) is 0 Å². The lowest BCUT2D eigenvalue weighted by atomic mass is 9.87. The molecule has 0 saturated heterocycles. The number of nitrogens with zero attached hydrogens (tertiary/aromatic N) is 1. The van der Waals surface area contributed by atoms with Crippen LogP contribution in [0, 0.1) is 0 Å². The average molecular weight is 270 g/mol. The highest BCUT2D eigenvalue weighted by Gasteiger charge is 2.13. The topological polar surface area (TPSA) is 48.1 Å². The molecule has 0 amide bonds. The van der Waals surface area contributed by atoms with Gasteiger partial charge in [-0.3, -0.25) is 4.98 Å². The predicted octanol–water partition coefficient (Wildman–Crippen LogP) is 3.42. The molecule has 0 aliphatic carbocycles. The number of benzene rings is 1. The Bertz CT molecular complexity index is 556. The lowest BCUT2D eigenvalue weighted by Crippen LogP contribution is -2.10. The maximum atomic E-state index is 5.81. The van der Waals surface area contributed by atoms with Crippen molar-refractivity contribution in [3.05, 3.63) is 59.4 Å². The number of pyridine rings is 1. The Kier molecular flexibility index (Phi) is 4.40. The molecular weight excluding hydrogens is 248 g/mol. The fourth-order valence-corrected chi connectivity index (χ4v) is 2.00. The van der Waals surface area contributed by atoms with E-state index in [1.807, 2.05) is 24.3 Å². The summed E-state index contributed by atoms with van der Waals surface area (Å²) in [7, 11) is 0. The van der Waals surface area contributed by atoms with Crippen LogP contribution in [0.5, 0.6) is 5.75 Å². The third kappa shape index (κ3) is 3.58. The summed E-state index contributed by atoms with van der Waals surface area (Å²) in [4.78, 5) is 4.25. The molecule has 1 aromatic carbocycles. The van der Waals surface area contributed by atoms with E-state index in [-0.39, 0.29) is 5.41 Å². The molecule has 0 atom stereocenters.